The van der Waals surface area contributed by atoms with Crippen LogP contribution < -0.4 is 15.2 Å². The van der Waals surface area contributed by atoms with Gasteiger partial charge < -0.3 is 10.1 Å². The largest absolute Gasteiger partial charge is 0.697 e. The highest BCUT2D eigenvalue weighted by molar-refractivity contribution is 9.10. The number of amides is 1. The van der Waals surface area contributed by atoms with E-state index in [1.807, 2.05) is 0 Å². The number of methoxy groups -OCH3 is 1. The van der Waals surface area contributed by atoms with Gasteiger partial charge in [-0.2, -0.15) is 5.10 Å². The van der Waals surface area contributed by atoms with Gasteiger partial charge in [0.15, 0.2) is 5.69 Å². The molecule has 1 aromatic heterocycles. The Hall–Kier alpha value is -3.45. The van der Waals surface area contributed by atoms with Crippen LogP contribution in [0.4, 0.5) is 0 Å². The number of carbonyl (C=O) groups excluding carboxylic acids is 1. The normalized spacial score (nSPS) is 12.6. The summed E-state index contributed by atoms with van der Waals surface area (Å²) in [6.07, 6.45) is -1.23. The zero-order valence-electron chi connectivity index (χ0n) is 19.7. The maximum Gasteiger partial charge on any atom is 0.697 e. The van der Waals surface area contributed by atoms with E-state index in [9.17, 15) is 22.7 Å². The van der Waals surface area contributed by atoms with Crippen molar-refractivity contribution in [3.63, 3.8) is 0 Å². The number of nitrogens with one attached hydrogen (secondary N) is 1. The summed E-state index contributed by atoms with van der Waals surface area (Å²) in [5, 5.41) is 12.2. The van der Waals surface area contributed by atoms with Crippen molar-refractivity contribution in [2.45, 2.75) is 11.1 Å². The third kappa shape index (κ3) is 6.51. The Balaban J connectivity index is 1.74. The number of nitrogens with two attached hydrogens (primary N) is 1. The number of halogens is 1. The maximum absolute atomic E-state index is 13.2. The first-order chi connectivity index (χ1) is 18.0. The number of nitrogens with zero attached hydrogens (tertiary/aromatic N) is 2. The molecule has 0 spiro atoms. The maximum atomic E-state index is 13.2. The molecule has 38 heavy (non-hydrogen) atoms. The van der Waals surface area contributed by atoms with Crippen LogP contribution in [0.25, 0.3) is 16.9 Å². The van der Waals surface area contributed by atoms with E-state index in [1.54, 1.807) is 55.6 Å². The summed E-state index contributed by atoms with van der Waals surface area (Å²) in [6, 6.07) is 20.9. The third-order valence-corrected chi connectivity index (χ3v) is 7.22. The molecule has 0 saturated carbocycles. The van der Waals surface area contributed by atoms with Crippen molar-refractivity contribution < 1.29 is 31.9 Å². The minimum Gasteiger partial charge on any atom is -0.497 e. The minimum atomic E-state index is -3.90. The molecule has 14 heteroatoms. The van der Waals surface area contributed by atoms with Crippen LogP contribution >= 0.6 is 24.2 Å². The molecule has 0 saturated heterocycles. The van der Waals surface area contributed by atoms with Gasteiger partial charge in [-0.1, -0.05) is 32.6 Å². The Kier molecular flexibility index (Phi) is 8.36. The first-order valence-corrected chi connectivity index (χ1v) is 14.3. The van der Waals surface area contributed by atoms with E-state index in [2.05, 4.69) is 26.3 Å². The van der Waals surface area contributed by atoms with Crippen LogP contribution in [0.3, 0.4) is 0 Å². The fraction of sp³-hybridized carbons (Fsp3) is 0.0833. The molecule has 0 bridgehead atoms. The molecule has 4 N–H and O–H groups in total. The first-order valence-electron chi connectivity index (χ1n) is 10.8. The quantitative estimate of drug-likeness (QED) is 0.186. The summed E-state index contributed by atoms with van der Waals surface area (Å²) in [5.41, 5.74) is 2.07. The van der Waals surface area contributed by atoms with Crippen LogP contribution in [0.5, 0.6) is 5.75 Å². The zero-order chi connectivity index (χ0) is 27.4. The van der Waals surface area contributed by atoms with Gasteiger partial charge in [-0.25, -0.2) is 18.2 Å². The smallest absolute Gasteiger partial charge is 0.497 e. The summed E-state index contributed by atoms with van der Waals surface area (Å²) in [5.74, 6) is -0.0488. The highest BCUT2D eigenvalue weighted by atomic mass is 79.9. The molecule has 2 atom stereocenters. The van der Waals surface area contributed by atoms with Crippen LogP contribution in [-0.2, 0) is 19.1 Å². The van der Waals surface area contributed by atoms with Gasteiger partial charge in [-0.05, 0) is 66.7 Å². The summed E-state index contributed by atoms with van der Waals surface area (Å²) >= 11 is 3.32. The average Bonchev–Trinajstić information content (AvgIpc) is 3.34. The number of hydrogen-bond acceptors (Lipinski definition) is 7. The number of ether oxygens (including phenoxy) is 1. The van der Waals surface area contributed by atoms with Gasteiger partial charge in [0.05, 0.1) is 23.4 Å². The van der Waals surface area contributed by atoms with Crippen LogP contribution in [0.1, 0.15) is 22.3 Å². The Morgan fingerprint density at radius 1 is 1.08 bits per heavy atom. The van der Waals surface area contributed by atoms with Gasteiger partial charge in [-0.3, -0.25) is 4.79 Å². The van der Waals surface area contributed by atoms with Crippen molar-refractivity contribution in [2.75, 3.05) is 7.11 Å². The number of primary sulfonamides is 1. The van der Waals surface area contributed by atoms with Crippen molar-refractivity contribution in [2.24, 2.45) is 5.14 Å². The van der Waals surface area contributed by atoms with Crippen molar-refractivity contribution in [1.82, 2.24) is 15.1 Å². The van der Waals surface area contributed by atoms with Gasteiger partial charge in [-0.15, -0.1) is 4.89 Å². The van der Waals surface area contributed by atoms with Crippen LogP contribution in [-0.4, -0.2) is 36.1 Å². The van der Waals surface area contributed by atoms with Gasteiger partial charge >= 0.3 is 8.25 Å². The van der Waals surface area contributed by atoms with Crippen LogP contribution in [0.15, 0.2) is 88.2 Å². The monoisotopic (exact) mass is 619 g/mol. The lowest BCUT2D eigenvalue weighted by Gasteiger charge is -2.12. The average molecular weight is 620 g/mol. The minimum absolute atomic E-state index is 0.0229. The number of carbonyl (C=O) groups is 1. The molecular weight excluding hydrogens is 599 g/mol. The van der Waals surface area contributed by atoms with Gasteiger partial charge in [0.1, 0.15) is 5.75 Å². The van der Waals surface area contributed by atoms with Crippen LogP contribution in [0.2, 0.25) is 0 Å². The lowest BCUT2D eigenvalue weighted by Crippen LogP contribution is -2.29. The van der Waals surface area contributed by atoms with E-state index >= 15 is 0 Å². The Morgan fingerprint density at radius 3 is 2.26 bits per heavy atom. The second kappa shape index (κ2) is 11.5. The lowest BCUT2D eigenvalue weighted by molar-refractivity contribution is 0.0817. The number of rotatable bonds is 9. The van der Waals surface area contributed by atoms with E-state index in [4.69, 9.17) is 14.4 Å². The standard InChI is InChI=1S/C24H20BrN4O7PS/c1-35-19-10-4-15(5-11-19)22-14-21(28-29(22)18-8-12-20(13-9-18)38(26,33)34)23(30)27-24(36-37(31)32)16-2-6-17(25)7-3-16/h2-14,24H,1H3,(H3-,26,27,30,31,32,33,34)/p+1. The molecule has 2 unspecified atom stereocenters. The predicted molar refractivity (Wildman–Crippen MR) is 142 cm³/mol. The molecule has 0 fully saturated rings. The van der Waals surface area contributed by atoms with Crippen molar-refractivity contribution in [3.05, 3.63) is 94.6 Å². The number of hydrogen-bond donors (Lipinski definition) is 3. The fourth-order valence-corrected chi connectivity index (χ4v) is 4.66. The zero-order valence-corrected chi connectivity index (χ0v) is 23.0. The predicted octanol–water partition coefficient (Wildman–Crippen LogP) is 4.05. The second-order valence-corrected chi connectivity index (χ2v) is 11.0. The molecule has 11 nitrogen and oxygen atoms in total. The van der Waals surface area contributed by atoms with Crippen molar-refractivity contribution in [1.29, 1.82) is 0 Å². The summed E-state index contributed by atoms with van der Waals surface area (Å²) in [7, 11) is -5.40. The molecule has 4 aromatic rings. The van der Waals surface area contributed by atoms with Crippen molar-refractivity contribution >= 4 is 40.1 Å². The molecule has 0 aliphatic carbocycles. The molecule has 0 aliphatic heterocycles. The molecule has 196 valence electrons. The van der Waals surface area contributed by atoms with E-state index in [-0.39, 0.29) is 10.6 Å². The Bertz CT molecular complexity index is 1580. The van der Waals surface area contributed by atoms with Crippen LogP contribution in [0, 0.1) is 0 Å². The SMILES string of the molecule is COc1ccc(-c2cc(C(=O)NC(O[P+](=O)O)c3ccc(Br)cc3)nn2-c2ccc(S(N)(=O)=O)cc2)cc1. The van der Waals surface area contributed by atoms with Gasteiger partial charge in [0, 0.05) is 20.2 Å². The molecule has 4 rings (SSSR count). The highest BCUT2D eigenvalue weighted by Gasteiger charge is 2.28. The molecule has 0 radical (unpaired) electrons. The highest BCUT2D eigenvalue weighted by Crippen LogP contribution is 2.30. The summed E-state index contributed by atoms with van der Waals surface area (Å²) in [6.45, 7) is 0. The van der Waals surface area contributed by atoms with E-state index in [0.717, 1.165) is 4.47 Å². The molecule has 3 aromatic carbocycles. The third-order valence-electron chi connectivity index (χ3n) is 5.37. The van der Waals surface area contributed by atoms with E-state index in [0.29, 0.717) is 28.3 Å². The lowest BCUT2D eigenvalue weighted by atomic mass is 10.1. The topological polar surface area (TPSA) is 163 Å². The van der Waals surface area contributed by atoms with Gasteiger partial charge in [0.2, 0.25) is 16.3 Å². The fourth-order valence-electron chi connectivity index (χ4n) is 3.52. The molecule has 0 aliphatic rings. The number of sulfonamides is 1. The van der Waals surface area contributed by atoms with E-state index in [1.165, 1.54) is 35.0 Å². The number of benzene rings is 3. The summed E-state index contributed by atoms with van der Waals surface area (Å²) < 4.78 is 47.3. The van der Waals surface area contributed by atoms with Crippen molar-refractivity contribution in [3.8, 4) is 22.7 Å². The van der Waals surface area contributed by atoms with E-state index < -0.39 is 30.4 Å². The number of aromatic nitrogens is 2. The Labute approximate surface area is 227 Å². The molecular formula is C24H21BrN4O7PS+. The Morgan fingerprint density at radius 2 is 1.71 bits per heavy atom. The molecule has 1 heterocycles. The second-order valence-electron chi connectivity index (χ2n) is 7.84. The molecule has 1 amide bonds. The first kappa shape index (κ1) is 27.6. The summed E-state index contributed by atoms with van der Waals surface area (Å²) in [4.78, 5) is 22.5. The van der Waals surface area contributed by atoms with Gasteiger partial charge in [0.25, 0.3) is 5.91 Å².